The van der Waals surface area contributed by atoms with E-state index >= 15 is 0 Å². The number of nitrogens with one attached hydrogen (secondary N) is 4. The van der Waals surface area contributed by atoms with Gasteiger partial charge in [0.25, 0.3) is 11.8 Å². The van der Waals surface area contributed by atoms with Crippen molar-refractivity contribution in [1.29, 1.82) is 0 Å². The summed E-state index contributed by atoms with van der Waals surface area (Å²) in [6.07, 6.45) is -0.331. The Labute approximate surface area is 340 Å². The number of primary amides is 1. The standard InChI is InChI=1S/C41H60N8O9/c1-27(50)58-37(40(56)49-22-11-15-33(49)39(55)46-41(2,3)4)31(23-28-13-9-8-10-14-28)45-38(54)32(24-34(42)51)44-35(52)26-57-30-18-16-29(17-19-30)48(7)36(53)25-43-20-12-21-47(5)6/h8-10,13-14,16-19,31-33,37,43H,11-12,15,20-26H2,1-7H3,(H2,42,51)(H,44,52)(H,45,54)(H,46,55)/t31?,32-,33-,37?/m0/s1. The van der Waals surface area contributed by atoms with Crippen molar-refractivity contribution in [2.75, 3.05) is 58.8 Å². The maximum Gasteiger partial charge on any atom is 0.303 e. The number of esters is 1. The van der Waals surface area contributed by atoms with Crippen LogP contribution in [0.5, 0.6) is 5.75 Å². The van der Waals surface area contributed by atoms with Gasteiger partial charge in [0.05, 0.1) is 19.0 Å². The molecule has 0 saturated carbocycles. The van der Waals surface area contributed by atoms with Crippen molar-refractivity contribution in [3.05, 3.63) is 60.2 Å². The van der Waals surface area contributed by atoms with E-state index < -0.39 is 72.4 Å². The lowest BCUT2D eigenvalue weighted by Gasteiger charge is -2.34. The van der Waals surface area contributed by atoms with Crippen molar-refractivity contribution in [1.82, 2.24) is 31.1 Å². The summed E-state index contributed by atoms with van der Waals surface area (Å²) in [5, 5.41) is 11.2. The molecule has 2 unspecified atom stereocenters. The number of anilines is 1. The second-order valence-corrected chi connectivity index (χ2v) is 15.6. The number of ether oxygens (including phenoxy) is 2. The van der Waals surface area contributed by atoms with Gasteiger partial charge in [-0.15, -0.1) is 0 Å². The Balaban J connectivity index is 1.73. The number of nitrogens with two attached hydrogens (primary N) is 1. The zero-order valence-electron chi connectivity index (χ0n) is 34.7. The van der Waals surface area contributed by atoms with Crippen LogP contribution in [0.3, 0.4) is 0 Å². The maximum absolute atomic E-state index is 14.2. The summed E-state index contributed by atoms with van der Waals surface area (Å²) in [6.45, 7) is 8.06. The number of nitrogens with zero attached hydrogens (tertiary/aromatic N) is 3. The van der Waals surface area contributed by atoms with Gasteiger partial charge in [-0.3, -0.25) is 33.6 Å². The topological polar surface area (TPSA) is 222 Å². The fourth-order valence-corrected chi connectivity index (χ4v) is 6.33. The van der Waals surface area contributed by atoms with E-state index in [2.05, 4.69) is 26.2 Å². The van der Waals surface area contributed by atoms with Gasteiger partial charge in [-0.05, 0) is 103 Å². The van der Waals surface area contributed by atoms with Crippen LogP contribution in [-0.2, 0) is 44.7 Å². The first kappa shape index (κ1) is 46.8. The molecule has 0 aromatic heterocycles. The zero-order chi connectivity index (χ0) is 43.0. The minimum absolute atomic E-state index is 0.00732. The van der Waals surface area contributed by atoms with Gasteiger partial charge in [0.1, 0.15) is 17.8 Å². The van der Waals surface area contributed by atoms with Crippen LogP contribution in [0.4, 0.5) is 5.69 Å². The van der Waals surface area contributed by atoms with E-state index in [0.29, 0.717) is 36.4 Å². The number of benzene rings is 2. The summed E-state index contributed by atoms with van der Waals surface area (Å²) < 4.78 is 11.2. The van der Waals surface area contributed by atoms with Gasteiger partial charge < -0.3 is 51.2 Å². The van der Waals surface area contributed by atoms with Crippen molar-refractivity contribution >= 4 is 47.1 Å². The summed E-state index contributed by atoms with van der Waals surface area (Å²) in [5.74, 6) is -4.18. The first-order chi connectivity index (χ1) is 27.3. The van der Waals surface area contributed by atoms with E-state index in [1.54, 1.807) is 61.6 Å². The van der Waals surface area contributed by atoms with Crippen molar-refractivity contribution < 1.29 is 43.0 Å². The number of carbonyl (C=O) groups excluding carboxylic acids is 7. The normalized spacial score (nSPS) is 15.4. The number of likely N-dealkylation sites (N-methyl/N-ethyl adjacent to an activating group) is 1. The third kappa shape index (κ3) is 15.8. The first-order valence-corrected chi connectivity index (χ1v) is 19.4. The Bertz CT molecular complexity index is 1720. The van der Waals surface area contributed by atoms with Gasteiger partial charge in [-0.25, -0.2) is 0 Å². The number of likely N-dealkylation sites (tertiary alicyclic amines) is 1. The van der Waals surface area contributed by atoms with E-state index in [-0.39, 0.29) is 31.3 Å². The predicted octanol–water partition coefficient (Wildman–Crippen LogP) is 0.495. The molecule has 17 heteroatoms. The number of hydrogen-bond acceptors (Lipinski definition) is 11. The molecule has 0 radical (unpaired) electrons. The molecular formula is C41H60N8O9. The Kier molecular flexibility index (Phi) is 18.1. The molecule has 1 aliphatic heterocycles. The molecule has 318 valence electrons. The fourth-order valence-electron chi connectivity index (χ4n) is 6.33. The van der Waals surface area contributed by atoms with Gasteiger partial charge >= 0.3 is 5.97 Å². The number of carbonyl (C=O) groups is 7. The van der Waals surface area contributed by atoms with Crippen LogP contribution in [0, 0.1) is 0 Å². The van der Waals surface area contributed by atoms with Gasteiger partial charge in [0.2, 0.25) is 29.7 Å². The fraction of sp³-hybridized carbons (Fsp3) is 0.537. The van der Waals surface area contributed by atoms with Crippen LogP contribution in [0.2, 0.25) is 0 Å². The van der Waals surface area contributed by atoms with Gasteiger partial charge in [0.15, 0.2) is 6.61 Å². The van der Waals surface area contributed by atoms with Crippen LogP contribution in [0.15, 0.2) is 54.6 Å². The van der Waals surface area contributed by atoms with Crippen LogP contribution >= 0.6 is 0 Å². The molecule has 1 saturated heterocycles. The zero-order valence-corrected chi connectivity index (χ0v) is 34.7. The van der Waals surface area contributed by atoms with Crippen LogP contribution in [0.1, 0.15) is 58.9 Å². The molecule has 2 aromatic carbocycles. The Morgan fingerprint density at radius 1 is 0.948 bits per heavy atom. The molecule has 3 rings (SSSR count). The van der Waals surface area contributed by atoms with E-state index in [0.717, 1.165) is 19.9 Å². The molecule has 1 aliphatic rings. The Hall–Kier alpha value is -5.55. The molecule has 58 heavy (non-hydrogen) atoms. The monoisotopic (exact) mass is 808 g/mol. The van der Waals surface area contributed by atoms with Crippen molar-refractivity contribution in [3.8, 4) is 5.75 Å². The van der Waals surface area contributed by atoms with Gasteiger partial charge in [0, 0.05) is 31.7 Å². The molecule has 1 fully saturated rings. The maximum atomic E-state index is 14.2. The summed E-state index contributed by atoms with van der Waals surface area (Å²) in [5.41, 5.74) is 6.20. The molecule has 0 spiro atoms. The molecule has 0 aliphatic carbocycles. The predicted molar refractivity (Wildman–Crippen MR) is 217 cm³/mol. The van der Waals surface area contributed by atoms with Gasteiger partial charge in [-0.2, -0.15) is 0 Å². The molecule has 17 nitrogen and oxygen atoms in total. The number of amides is 6. The third-order valence-electron chi connectivity index (χ3n) is 9.12. The summed E-state index contributed by atoms with van der Waals surface area (Å²) >= 11 is 0. The summed E-state index contributed by atoms with van der Waals surface area (Å²) in [7, 11) is 5.63. The van der Waals surface area contributed by atoms with E-state index in [1.807, 2.05) is 34.9 Å². The number of hydrogen-bond donors (Lipinski definition) is 5. The largest absolute Gasteiger partial charge is 0.484 e. The highest BCUT2D eigenvalue weighted by Gasteiger charge is 2.43. The molecule has 6 amide bonds. The second kappa shape index (κ2) is 22.4. The lowest BCUT2D eigenvalue weighted by Crippen LogP contribution is -2.60. The highest BCUT2D eigenvalue weighted by Crippen LogP contribution is 2.23. The van der Waals surface area contributed by atoms with Crippen molar-refractivity contribution in [3.63, 3.8) is 0 Å². The van der Waals surface area contributed by atoms with E-state index in [9.17, 15) is 33.6 Å². The quantitative estimate of drug-likeness (QED) is 0.0863. The van der Waals surface area contributed by atoms with E-state index in [1.165, 1.54) is 9.80 Å². The highest BCUT2D eigenvalue weighted by atomic mass is 16.5. The Morgan fingerprint density at radius 3 is 2.22 bits per heavy atom. The smallest absolute Gasteiger partial charge is 0.303 e. The highest BCUT2D eigenvalue weighted by molar-refractivity contribution is 5.95. The lowest BCUT2D eigenvalue weighted by molar-refractivity contribution is -0.162. The number of rotatable bonds is 21. The van der Waals surface area contributed by atoms with Gasteiger partial charge in [-0.1, -0.05) is 30.3 Å². The van der Waals surface area contributed by atoms with E-state index in [4.69, 9.17) is 15.2 Å². The average Bonchev–Trinajstić information content (AvgIpc) is 3.65. The molecule has 2 aromatic rings. The molecular weight excluding hydrogens is 748 g/mol. The minimum Gasteiger partial charge on any atom is -0.484 e. The van der Waals surface area contributed by atoms with Crippen LogP contribution < -0.4 is 36.6 Å². The summed E-state index contributed by atoms with van der Waals surface area (Å²) in [6, 6.07) is 11.8. The molecule has 6 N–H and O–H groups in total. The third-order valence-corrected chi connectivity index (χ3v) is 9.12. The van der Waals surface area contributed by atoms with Crippen molar-refractivity contribution in [2.24, 2.45) is 5.73 Å². The van der Waals surface area contributed by atoms with Crippen LogP contribution in [-0.4, -0.2) is 135 Å². The SMILES string of the molecule is CC(=O)OC(C(=O)N1CCC[C@H]1C(=O)NC(C)(C)C)C(Cc1ccccc1)NC(=O)[C@H](CC(N)=O)NC(=O)COc1ccc(N(C)C(=O)CNCCCN(C)C)cc1. The first-order valence-electron chi connectivity index (χ1n) is 19.4. The second-order valence-electron chi connectivity index (χ2n) is 15.6. The summed E-state index contributed by atoms with van der Waals surface area (Å²) in [4.78, 5) is 96.6. The van der Waals surface area contributed by atoms with Crippen LogP contribution in [0.25, 0.3) is 0 Å². The molecule has 1 heterocycles. The molecule has 0 bridgehead atoms. The lowest BCUT2D eigenvalue weighted by atomic mass is 9.98. The minimum atomic E-state index is -1.57. The molecule has 4 atom stereocenters. The average molecular weight is 809 g/mol. The van der Waals surface area contributed by atoms with Crippen molar-refractivity contribution in [2.45, 2.75) is 89.6 Å². The Morgan fingerprint density at radius 2 is 1.62 bits per heavy atom.